The molecule has 3 fully saturated rings. The number of hydrogen-bond donors (Lipinski definition) is 2. The van der Waals surface area contributed by atoms with Gasteiger partial charge in [-0.25, -0.2) is 0 Å². The molecular formula is C33H40N2O10. The maximum Gasteiger partial charge on any atom is 0.306 e. The molecule has 0 amide bonds. The highest BCUT2D eigenvalue weighted by atomic mass is 16.8. The van der Waals surface area contributed by atoms with Gasteiger partial charge in [0.25, 0.3) is 5.69 Å². The van der Waals surface area contributed by atoms with Crippen LogP contribution in [0.15, 0.2) is 46.6 Å². The molecule has 3 aliphatic carbocycles. The lowest BCUT2D eigenvalue weighted by Crippen LogP contribution is -2.56. The van der Waals surface area contributed by atoms with Gasteiger partial charge in [-0.1, -0.05) is 57.2 Å². The molecule has 2 N–H and O–H groups in total. The van der Waals surface area contributed by atoms with Crippen LogP contribution in [0.25, 0.3) is 11.3 Å². The first kappa shape index (κ1) is 31.4. The number of nitrogens with zero attached hydrogens (tertiary/aromatic N) is 2. The number of allylic oxidation sites excluding steroid dienone is 1. The second-order valence-electron chi connectivity index (χ2n) is 13.8. The van der Waals surface area contributed by atoms with Crippen LogP contribution in [0.1, 0.15) is 65.5 Å². The Balaban J connectivity index is 1.16. The van der Waals surface area contributed by atoms with Gasteiger partial charge in [-0.2, -0.15) is 0 Å². The maximum atomic E-state index is 13.8. The SMILES string of the molecule is C/C1=C\[C@@H]2[C@H](CC[C@]3(CO3)[C@H](OC(=O)CCC(=O)OCc3c(-c4ccccc4)no[n+]3[O-])[C@H]3[C@@H](O)[C@@H](C)C[C@]3(O)C1=O)C2(C)C. The van der Waals surface area contributed by atoms with Crippen molar-refractivity contribution in [3.63, 3.8) is 0 Å². The van der Waals surface area contributed by atoms with Crippen LogP contribution < -0.4 is 4.90 Å². The van der Waals surface area contributed by atoms with E-state index in [9.17, 15) is 29.8 Å². The summed E-state index contributed by atoms with van der Waals surface area (Å²) in [6.45, 7) is 7.60. The van der Waals surface area contributed by atoms with E-state index in [0.29, 0.717) is 23.5 Å². The highest BCUT2D eigenvalue weighted by molar-refractivity contribution is 6.02. The highest BCUT2D eigenvalue weighted by Gasteiger charge is 2.68. The molecule has 1 saturated heterocycles. The molecule has 45 heavy (non-hydrogen) atoms. The molecule has 1 aliphatic heterocycles. The molecule has 0 bridgehead atoms. The molecule has 2 heterocycles. The first-order chi connectivity index (χ1) is 21.3. The number of aliphatic hydroxyl groups excluding tert-OH is 1. The Morgan fingerprint density at radius 2 is 1.87 bits per heavy atom. The van der Waals surface area contributed by atoms with Crippen molar-refractivity contribution in [1.82, 2.24) is 5.16 Å². The monoisotopic (exact) mass is 624 g/mol. The third kappa shape index (κ3) is 5.57. The first-order valence-corrected chi connectivity index (χ1v) is 15.6. The summed E-state index contributed by atoms with van der Waals surface area (Å²) in [6, 6.07) is 8.80. The van der Waals surface area contributed by atoms with Crippen molar-refractivity contribution >= 4 is 17.7 Å². The van der Waals surface area contributed by atoms with E-state index in [4.69, 9.17) is 18.8 Å². The highest BCUT2D eigenvalue weighted by Crippen LogP contribution is 2.63. The second-order valence-corrected chi connectivity index (χ2v) is 13.8. The van der Waals surface area contributed by atoms with Crippen molar-refractivity contribution in [1.29, 1.82) is 0 Å². The lowest BCUT2D eigenvalue weighted by Gasteiger charge is -2.38. The second kappa shape index (κ2) is 11.3. The van der Waals surface area contributed by atoms with Gasteiger partial charge in [0.15, 0.2) is 12.4 Å². The van der Waals surface area contributed by atoms with E-state index in [1.807, 2.05) is 6.08 Å². The van der Waals surface area contributed by atoms with Gasteiger partial charge in [-0.05, 0) is 59.8 Å². The number of hydrogen-bond acceptors (Lipinski definition) is 11. The number of epoxide rings is 1. The van der Waals surface area contributed by atoms with Crippen molar-refractivity contribution in [3.05, 3.63) is 52.9 Å². The fourth-order valence-corrected chi connectivity index (χ4v) is 7.69. The Morgan fingerprint density at radius 1 is 1.18 bits per heavy atom. The van der Waals surface area contributed by atoms with E-state index in [1.54, 1.807) is 44.2 Å². The van der Waals surface area contributed by atoms with Gasteiger partial charge in [0.2, 0.25) is 5.69 Å². The number of Topliss-reactive ketones (excluding diaryl/α,β-unsaturated/α-hetero) is 1. The summed E-state index contributed by atoms with van der Waals surface area (Å²) in [5, 5.41) is 39.1. The summed E-state index contributed by atoms with van der Waals surface area (Å²) in [5.41, 5.74) is -1.65. The quantitative estimate of drug-likeness (QED) is 0.263. The van der Waals surface area contributed by atoms with Crippen LogP contribution in [0.5, 0.6) is 0 Å². The third-order valence-electron chi connectivity index (χ3n) is 10.6. The zero-order valence-electron chi connectivity index (χ0n) is 25.9. The van der Waals surface area contributed by atoms with Gasteiger partial charge in [-0.3, -0.25) is 19.0 Å². The number of ketones is 1. The standard InChI is InChI=1S/C33H40N2O10/c1-18-14-22-21(31(22,3)4)12-13-32(17-43-32)30(26-28(38)19(2)15-33(26,40)29(18)39)44-25(37)11-10-24(36)42-16-23-27(34-45-35(23)41)20-8-6-5-7-9-20/h5-9,14,19,21-22,26,28,30,38,40H,10-13,15-17H2,1-4H3/b18-14+/t19-,21-,22+,26+,28-,30+,32-,33+/m0/s1. The topological polar surface area (TPSA) is 176 Å². The largest absolute Gasteiger partial charge is 0.459 e. The molecule has 4 aliphatic rings. The number of fused-ring (bicyclic) bond motifs is 2. The zero-order chi connectivity index (χ0) is 32.3. The predicted octanol–water partition coefficient (Wildman–Crippen LogP) is 2.81. The lowest BCUT2D eigenvalue weighted by molar-refractivity contribution is -0.808. The minimum absolute atomic E-state index is 0.00101. The molecule has 1 aromatic carbocycles. The van der Waals surface area contributed by atoms with Crippen LogP contribution in [0.4, 0.5) is 0 Å². The van der Waals surface area contributed by atoms with E-state index in [-0.39, 0.29) is 53.5 Å². The minimum atomic E-state index is -1.95. The molecule has 0 unspecified atom stereocenters. The van der Waals surface area contributed by atoms with E-state index < -0.39 is 59.6 Å². The zero-order valence-corrected chi connectivity index (χ0v) is 25.9. The number of esters is 2. The summed E-state index contributed by atoms with van der Waals surface area (Å²) in [7, 11) is 0. The van der Waals surface area contributed by atoms with Crippen LogP contribution in [0.3, 0.4) is 0 Å². The van der Waals surface area contributed by atoms with Crippen molar-refractivity contribution in [2.45, 2.75) is 89.8 Å². The predicted molar refractivity (Wildman–Crippen MR) is 155 cm³/mol. The summed E-state index contributed by atoms with van der Waals surface area (Å²) >= 11 is 0. The average molecular weight is 625 g/mol. The van der Waals surface area contributed by atoms with E-state index in [1.165, 1.54) is 0 Å². The average Bonchev–Trinajstić information content (AvgIpc) is 3.81. The molecule has 8 atom stereocenters. The van der Waals surface area contributed by atoms with E-state index in [2.05, 4.69) is 19.0 Å². The number of carbonyl (C=O) groups excluding carboxylic acids is 3. The molecule has 2 aromatic rings. The van der Waals surface area contributed by atoms with E-state index >= 15 is 0 Å². The Kier molecular flexibility index (Phi) is 7.90. The van der Waals surface area contributed by atoms with Gasteiger partial charge in [0.1, 0.15) is 17.3 Å². The molecular weight excluding hydrogens is 584 g/mol. The summed E-state index contributed by atoms with van der Waals surface area (Å²) in [6.07, 6.45) is 0.326. The smallest absolute Gasteiger partial charge is 0.306 e. The normalized spacial score (nSPS) is 36.2. The van der Waals surface area contributed by atoms with Gasteiger partial charge < -0.3 is 29.6 Å². The number of carbonyl (C=O) groups is 3. The number of aromatic nitrogens is 2. The number of aliphatic hydroxyl groups is 2. The van der Waals surface area contributed by atoms with Crippen LogP contribution >= 0.6 is 0 Å². The number of rotatable bonds is 7. The Labute approximate surface area is 260 Å². The molecule has 12 nitrogen and oxygen atoms in total. The molecule has 2 saturated carbocycles. The third-order valence-corrected chi connectivity index (χ3v) is 10.6. The Morgan fingerprint density at radius 3 is 2.56 bits per heavy atom. The fourth-order valence-electron chi connectivity index (χ4n) is 7.69. The van der Waals surface area contributed by atoms with Gasteiger partial charge in [0, 0.05) is 10.7 Å². The van der Waals surface area contributed by atoms with Gasteiger partial charge in [-0.15, -0.1) is 0 Å². The summed E-state index contributed by atoms with van der Waals surface area (Å²) in [5.74, 6) is -3.06. The first-order valence-electron chi connectivity index (χ1n) is 15.6. The number of benzene rings is 1. The fraction of sp³-hybridized carbons (Fsp3) is 0.606. The molecule has 12 heteroatoms. The molecule has 242 valence electrons. The van der Waals surface area contributed by atoms with Crippen molar-refractivity contribution in [2.24, 2.45) is 29.1 Å². The molecule has 1 spiro atoms. The van der Waals surface area contributed by atoms with Crippen molar-refractivity contribution in [3.8, 4) is 11.3 Å². The van der Waals surface area contributed by atoms with Crippen LogP contribution in [0.2, 0.25) is 0 Å². The molecule has 0 radical (unpaired) electrons. The Bertz CT molecular complexity index is 1510. The van der Waals surface area contributed by atoms with Gasteiger partial charge in [0.05, 0.1) is 31.5 Å². The van der Waals surface area contributed by atoms with Crippen LogP contribution in [-0.2, 0) is 35.2 Å². The lowest BCUT2D eigenvalue weighted by atomic mass is 9.74. The molecule has 1 aromatic heterocycles. The minimum Gasteiger partial charge on any atom is -0.459 e. The summed E-state index contributed by atoms with van der Waals surface area (Å²) in [4.78, 5) is 39.9. The van der Waals surface area contributed by atoms with Crippen LogP contribution in [-0.4, -0.2) is 63.1 Å². The Hall–Kier alpha value is -3.61. The molecule has 6 rings (SSSR count). The summed E-state index contributed by atoms with van der Waals surface area (Å²) < 4.78 is 21.9. The maximum absolute atomic E-state index is 13.8. The van der Waals surface area contributed by atoms with E-state index in [0.717, 1.165) is 6.42 Å². The number of ether oxygens (including phenoxy) is 3. The van der Waals surface area contributed by atoms with Gasteiger partial charge >= 0.3 is 11.9 Å². The van der Waals surface area contributed by atoms with Crippen LogP contribution in [0, 0.1) is 34.3 Å². The van der Waals surface area contributed by atoms with Crippen molar-refractivity contribution in [2.75, 3.05) is 6.61 Å². The van der Waals surface area contributed by atoms with Crippen molar-refractivity contribution < 1.29 is 48.3 Å².